The molecular formula is C18H22N4O2S. The first-order valence-corrected chi connectivity index (χ1v) is 8.98. The van der Waals surface area contributed by atoms with Gasteiger partial charge < -0.3 is 10.6 Å². The van der Waals surface area contributed by atoms with Crippen molar-refractivity contribution in [2.75, 3.05) is 16.4 Å². The van der Waals surface area contributed by atoms with Crippen LogP contribution in [0.3, 0.4) is 0 Å². The first-order chi connectivity index (χ1) is 11.8. The van der Waals surface area contributed by atoms with Crippen LogP contribution in [0.1, 0.15) is 25.2 Å². The lowest BCUT2D eigenvalue weighted by Gasteiger charge is -2.10. The molecule has 6 nitrogen and oxygen atoms in total. The van der Waals surface area contributed by atoms with Crippen LogP contribution < -0.4 is 10.6 Å². The highest BCUT2D eigenvalue weighted by Gasteiger charge is 2.09. The van der Waals surface area contributed by atoms with Gasteiger partial charge in [0.15, 0.2) is 5.16 Å². The molecule has 0 fully saturated rings. The lowest BCUT2D eigenvalue weighted by molar-refractivity contribution is -0.119. The zero-order valence-corrected chi connectivity index (χ0v) is 15.6. The third-order valence-corrected chi connectivity index (χ3v) is 4.08. The number of benzene rings is 1. The highest BCUT2D eigenvalue weighted by Crippen LogP contribution is 2.18. The van der Waals surface area contributed by atoms with Crippen LogP contribution in [0.5, 0.6) is 0 Å². The number of carbonyl (C=O) groups excluding carboxylic acids is 2. The van der Waals surface area contributed by atoms with Gasteiger partial charge in [-0.25, -0.2) is 9.97 Å². The Kier molecular flexibility index (Phi) is 6.52. The summed E-state index contributed by atoms with van der Waals surface area (Å²) in [5.74, 6) is -0.107. The number of nitrogens with zero attached hydrogens (tertiary/aromatic N) is 2. The number of anilines is 2. The van der Waals surface area contributed by atoms with Crippen LogP contribution in [-0.2, 0) is 9.59 Å². The van der Waals surface area contributed by atoms with Crippen molar-refractivity contribution < 1.29 is 9.59 Å². The molecule has 0 aliphatic rings. The number of amides is 2. The maximum atomic E-state index is 12.1. The number of aromatic nitrogens is 2. The van der Waals surface area contributed by atoms with Crippen molar-refractivity contribution in [2.24, 2.45) is 5.92 Å². The monoisotopic (exact) mass is 358 g/mol. The minimum absolute atomic E-state index is 0.0639. The van der Waals surface area contributed by atoms with Crippen LogP contribution in [0.4, 0.5) is 11.4 Å². The average Bonchev–Trinajstić information content (AvgIpc) is 2.52. The van der Waals surface area contributed by atoms with Crippen molar-refractivity contribution in [1.29, 1.82) is 0 Å². The standard InChI is InChI=1S/C18H22N4O2S/c1-11(2)17(24)22-15-7-5-6-14(9-15)21-16(23)10-25-18-19-12(3)8-13(4)20-18/h5-9,11H,10H2,1-4H3,(H,21,23)(H,22,24). The summed E-state index contributed by atoms with van der Waals surface area (Å²) in [4.78, 5) is 32.5. The van der Waals surface area contributed by atoms with E-state index >= 15 is 0 Å². The molecule has 1 heterocycles. The van der Waals surface area contributed by atoms with Gasteiger partial charge in [0.1, 0.15) is 0 Å². The maximum absolute atomic E-state index is 12.1. The lowest BCUT2D eigenvalue weighted by Crippen LogP contribution is -2.18. The maximum Gasteiger partial charge on any atom is 0.234 e. The molecule has 0 saturated heterocycles. The summed E-state index contributed by atoms with van der Waals surface area (Å²) in [5, 5.41) is 6.22. The number of hydrogen-bond donors (Lipinski definition) is 2. The number of carbonyl (C=O) groups is 2. The normalized spacial score (nSPS) is 10.6. The van der Waals surface area contributed by atoms with Crippen LogP contribution in [0.15, 0.2) is 35.5 Å². The van der Waals surface area contributed by atoms with Gasteiger partial charge in [0.25, 0.3) is 0 Å². The fraction of sp³-hybridized carbons (Fsp3) is 0.333. The van der Waals surface area contributed by atoms with E-state index in [0.717, 1.165) is 11.4 Å². The molecule has 0 atom stereocenters. The predicted octanol–water partition coefficient (Wildman–Crippen LogP) is 3.42. The van der Waals surface area contributed by atoms with Crippen LogP contribution in [-0.4, -0.2) is 27.5 Å². The van der Waals surface area contributed by atoms with Gasteiger partial charge in [-0.3, -0.25) is 9.59 Å². The Morgan fingerprint density at radius 1 is 1.04 bits per heavy atom. The van der Waals surface area contributed by atoms with Gasteiger partial charge in [-0.1, -0.05) is 31.7 Å². The number of nitrogens with one attached hydrogen (secondary N) is 2. The first-order valence-electron chi connectivity index (χ1n) is 7.99. The summed E-state index contributed by atoms with van der Waals surface area (Å²) in [6.07, 6.45) is 0. The molecule has 0 unspecified atom stereocenters. The van der Waals surface area contributed by atoms with Gasteiger partial charge in [-0.15, -0.1) is 0 Å². The molecule has 0 aliphatic heterocycles. The summed E-state index contributed by atoms with van der Waals surface area (Å²) in [6.45, 7) is 7.45. The SMILES string of the molecule is Cc1cc(C)nc(SCC(=O)Nc2cccc(NC(=O)C(C)C)c2)n1. The summed E-state index contributed by atoms with van der Waals surface area (Å²) in [6, 6.07) is 8.97. The third-order valence-electron chi connectivity index (χ3n) is 3.23. The van der Waals surface area contributed by atoms with Gasteiger partial charge >= 0.3 is 0 Å². The topological polar surface area (TPSA) is 84.0 Å². The predicted molar refractivity (Wildman–Crippen MR) is 101 cm³/mol. The van der Waals surface area contributed by atoms with E-state index in [2.05, 4.69) is 20.6 Å². The second-order valence-corrected chi connectivity index (χ2v) is 6.94. The summed E-state index contributed by atoms with van der Waals surface area (Å²) in [5.41, 5.74) is 3.04. The molecule has 2 rings (SSSR count). The van der Waals surface area contributed by atoms with Crippen molar-refractivity contribution >= 4 is 35.0 Å². The zero-order chi connectivity index (χ0) is 18.4. The molecule has 7 heteroatoms. The van der Waals surface area contributed by atoms with Crippen molar-refractivity contribution in [2.45, 2.75) is 32.9 Å². The highest BCUT2D eigenvalue weighted by atomic mass is 32.2. The largest absolute Gasteiger partial charge is 0.326 e. The molecule has 2 N–H and O–H groups in total. The number of rotatable bonds is 6. The summed E-state index contributed by atoms with van der Waals surface area (Å²) >= 11 is 1.29. The van der Waals surface area contributed by atoms with Crippen LogP contribution in [0.25, 0.3) is 0 Å². The molecular weight excluding hydrogens is 336 g/mol. The zero-order valence-electron chi connectivity index (χ0n) is 14.8. The Morgan fingerprint density at radius 3 is 2.24 bits per heavy atom. The van der Waals surface area contributed by atoms with Crippen molar-refractivity contribution in [3.8, 4) is 0 Å². The Morgan fingerprint density at radius 2 is 1.64 bits per heavy atom. The average molecular weight is 358 g/mol. The third kappa shape index (κ3) is 6.19. The Bertz CT molecular complexity index is 757. The molecule has 132 valence electrons. The van der Waals surface area contributed by atoms with E-state index in [1.807, 2.05) is 33.8 Å². The molecule has 0 bridgehead atoms. The van der Waals surface area contributed by atoms with Crippen molar-refractivity contribution in [3.63, 3.8) is 0 Å². The summed E-state index contributed by atoms with van der Waals surface area (Å²) < 4.78 is 0. The lowest BCUT2D eigenvalue weighted by atomic mass is 10.2. The molecule has 0 aliphatic carbocycles. The number of aryl methyl sites for hydroxylation is 2. The molecule has 2 amide bonds. The smallest absolute Gasteiger partial charge is 0.234 e. The molecule has 1 aromatic carbocycles. The van der Waals surface area contributed by atoms with E-state index in [9.17, 15) is 9.59 Å². The Hall–Kier alpha value is -2.41. The highest BCUT2D eigenvalue weighted by molar-refractivity contribution is 7.99. The Balaban J connectivity index is 1.93. The van der Waals surface area contributed by atoms with Gasteiger partial charge in [0.05, 0.1) is 5.75 Å². The second-order valence-electron chi connectivity index (χ2n) is 5.99. The molecule has 1 aromatic heterocycles. The van der Waals surface area contributed by atoms with Crippen LogP contribution in [0, 0.1) is 19.8 Å². The summed E-state index contributed by atoms with van der Waals surface area (Å²) in [7, 11) is 0. The second kappa shape index (κ2) is 8.62. The van der Waals surface area contributed by atoms with E-state index in [1.165, 1.54) is 11.8 Å². The minimum Gasteiger partial charge on any atom is -0.326 e. The van der Waals surface area contributed by atoms with E-state index in [-0.39, 0.29) is 23.5 Å². The van der Waals surface area contributed by atoms with Crippen LogP contribution >= 0.6 is 11.8 Å². The van der Waals surface area contributed by atoms with E-state index < -0.39 is 0 Å². The van der Waals surface area contributed by atoms with E-state index in [1.54, 1.807) is 24.3 Å². The molecule has 25 heavy (non-hydrogen) atoms. The van der Waals surface area contributed by atoms with Gasteiger partial charge in [0.2, 0.25) is 11.8 Å². The number of hydrogen-bond acceptors (Lipinski definition) is 5. The van der Waals surface area contributed by atoms with E-state index in [0.29, 0.717) is 16.5 Å². The van der Waals surface area contributed by atoms with Crippen molar-refractivity contribution in [3.05, 3.63) is 41.7 Å². The van der Waals surface area contributed by atoms with Crippen LogP contribution in [0.2, 0.25) is 0 Å². The quantitative estimate of drug-likeness (QED) is 0.610. The number of thioether (sulfide) groups is 1. The van der Waals surface area contributed by atoms with Gasteiger partial charge in [-0.05, 0) is 38.1 Å². The fourth-order valence-electron chi connectivity index (χ4n) is 2.05. The van der Waals surface area contributed by atoms with Gasteiger partial charge in [0, 0.05) is 28.7 Å². The van der Waals surface area contributed by atoms with E-state index in [4.69, 9.17) is 0 Å². The molecule has 0 spiro atoms. The Labute approximate surface area is 151 Å². The fourth-order valence-corrected chi connectivity index (χ4v) is 2.80. The minimum atomic E-state index is -0.153. The molecule has 0 saturated carbocycles. The van der Waals surface area contributed by atoms with Gasteiger partial charge in [-0.2, -0.15) is 0 Å². The van der Waals surface area contributed by atoms with Crippen molar-refractivity contribution in [1.82, 2.24) is 9.97 Å². The first kappa shape index (κ1) is 18.9. The molecule has 2 aromatic rings. The molecule has 0 radical (unpaired) electrons.